The number of carbonyl (C=O) groups is 1. The van der Waals surface area contributed by atoms with Gasteiger partial charge in [0.15, 0.2) is 0 Å². The molecule has 124 valence electrons. The number of benzene rings is 1. The van der Waals surface area contributed by atoms with Crippen molar-refractivity contribution in [2.24, 2.45) is 5.10 Å². The number of pyridine rings is 1. The monoisotopic (exact) mass is 389 g/mol. The predicted molar refractivity (Wildman–Crippen MR) is 92.6 cm³/mol. The van der Waals surface area contributed by atoms with E-state index in [0.717, 1.165) is 21.3 Å². The summed E-state index contributed by atoms with van der Waals surface area (Å²) < 4.78 is 11.9. The Kier molecular flexibility index (Phi) is 4.53. The molecule has 0 fully saturated rings. The molecule has 6 nitrogen and oxygen atoms in total. The van der Waals surface area contributed by atoms with Gasteiger partial charge in [-0.15, -0.1) is 5.10 Å². The maximum absolute atomic E-state index is 12.0. The average molecular weight is 390 g/mol. The molecule has 0 saturated heterocycles. The first-order chi connectivity index (χ1) is 11.5. The fourth-order valence-corrected chi connectivity index (χ4v) is 2.89. The summed E-state index contributed by atoms with van der Waals surface area (Å²) in [5, 5.41) is 5.63. The van der Waals surface area contributed by atoms with Crippen LogP contribution in [0.25, 0.3) is 0 Å². The Balaban J connectivity index is 1.93. The van der Waals surface area contributed by atoms with E-state index in [-0.39, 0.29) is 5.91 Å². The molecule has 2 aromatic rings. The number of carbonyl (C=O) groups excluding carboxylic acids is 1. The van der Waals surface area contributed by atoms with Gasteiger partial charge < -0.3 is 9.47 Å². The van der Waals surface area contributed by atoms with Crippen LogP contribution in [0, 0.1) is 6.92 Å². The van der Waals surface area contributed by atoms with Gasteiger partial charge in [-0.05, 0) is 53.2 Å². The molecular weight excluding hydrogens is 374 g/mol. The van der Waals surface area contributed by atoms with E-state index in [4.69, 9.17) is 9.47 Å². The van der Waals surface area contributed by atoms with Crippen molar-refractivity contribution in [1.29, 1.82) is 0 Å². The lowest BCUT2D eigenvalue weighted by atomic mass is 10.2. The quantitative estimate of drug-likeness (QED) is 0.806. The molecular formula is C17H16BrN3O3. The first kappa shape index (κ1) is 16.4. The number of aromatic nitrogens is 1. The van der Waals surface area contributed by atoms with E-state index in [9.17, 15) is 4.79 Å². The Labute approximate surface area is 148 Å². The number of hydrogen-bond donors (Lipinski definition) is 0. The van der Waals surface area contributed by atoms with Crippen LogP contribution in [0.3, 0.4) is 0 Å². The van der Waals surface area contributed by atoms with E-state index in [1.165, 1.54) is 11.9 Å². The molecule has 1 atom stereocenters. The minimum absolute atomic E-state index is 0.206. The molecule has 0 aliphatic carbocycles. The number of methoxy groups -OCH3 is 1. The lowest BCUT2D eigenvalue weighted by Crippen LogP contribution is -2.25. The SMILES string of the molecule is COc1ccc(C2OC(c3ccc(C)nc3)=NN2C(C)=O)cc1Br. The molecule has 3 rings (SSSR count). The molecule has 0 bridgehead atoms. The van der Waals surface area contributed by atoms with Crippen LogP contribution >= 0.6 is 15.9 Å². The number of hydrogen-bond acceptors (Lipinski definition) is 5. The minimum Gasteiger partial charge on any atom is -0.496 e. The number of ether oxygens (including phenoxy) is 2. The van der Waals surface area contributed by atoms with E-state index in [1.54, 1.807) is 13.3 Å². The number of aryl methyl sites for hydroxylation is 1. The smallest absolute Gasteiger partial charge is 0.243 e. The normalized spacial score (nSPS) is 16.6. The van der Waals surface area contributed by atoms with Crippen LogP contribution in [0.15, 0.2) is 46.1 Å². The maximum atomic E-state index is 12.0. The van der Waals surface area contributed by atoms with E-state index >= 15 is 0 Å². The van der Waals surface area contributed by atoms with Crippen LogP contribution in [0.1, 0.15) is 30.0 Å². The minimum atomic E-state index is -0.624. The Morgan fingerprint density at radius 2 is 2.12 bits per heavy atom. The van der Waals surface area contributed by atoms with Crippen LogP contribution in [-0.2, 0) is 9.53 Å². The average Bonchev–Trinajstić information content (AvgIpc) is 3.01. The number of amides is 1. The van der Waals surface area contributed by atoms with Crippen molar-refractivity contribution in [3.63, 3.8) is 0 Å². The fourth-order valence-electron chi connectivity index (χ4n) is 2.33. The zero-order chi connectivity index (χ0) is 17.3. The summed E-state index contributed by atoms with van der Waals surface area (Å²) in [4.78, 5) is 16.2. The Bertz CT molecular complexity index is 805. The second-order valence-electron chi connectivity index (χ2n) is 5.32. The molecule has 1 unspecified atom stereocenters. The van der Waals surface area contributed by atoms with Crippen molar-refractivity contribution in [1.82, 2.24) is 9.99 Å². The second kappa shape index (κ2) is 6.60. The van der Waals surface area contributed by atoms with Gasteiger partial charge in [0.2, 0.25) is 18.0 Å². The summed E-state index contributed by atoms with van der Waals surface area (Å²) >= 11 is 3.45. The van der Waals surface area contributed by atoms with Crippen molar-refractivity contribution in [2.75, 3.05) is 7.11 Å². The highest BCUT2D eigenvalue weighted by Crippen LogP contribution is 2.34. The van der Waals surface area contributed by atoms with Crippen LogP contribution in [0.4, 0.5) is 0 Å². The first-order valence-electron chi connectivity index (χ1n) is 7.31. The molecule has 0 radical (unpaired) electrons. The van der Waals surface area contributed by atoms with E-state index in [2.05, 4.69) is 26.0 Å². The molecule has 2 heterocycles. The number of hydrazone groups is 1. The van der Waals surface area contributed by atoms with Crippen molar-refractivity contribution in [3.8, 4) is 5.75 Å². The van der Waals surface area contributed by atoms with Crippen molar-refractivity contribution in [2.45, 2.75) is 20.1 Å². The van der Waals surface area contributed by atoms with Crippen LogP contribution < -0.4 is 4.74 Å². The van der Waals surface area contributed by atoms with Crippen LogP contribution in [0.2, 0.25) is 0 Å². The standard InChI is InChI=1S/C17H16BrN3O3/c1-10-4-5-13(9-19-10)16-20-21(11(2)22)17(24-16)12-6-7-15(23-3)14(18)8-12/h4-9,17H,1-3H3. The molecule has 1 aliphatic heterocycles. The summed E-state index contributed by atoms with van der Waals surface area (Å²) in [5.41, 5.74) is 2.41. The van der Waals surface area contributed by atoms with E-state index < -0.39 is 6.23 Å². The Morgan fingerprint density at radius 1 is 1.33 bits per heavy atom. The largest absolute Gasteiger partial charge is 0.496 e. The third-order valence-corrected chi connectivity index (χ3v) is 4.21. The number of halogens is 1. The molecule has 0 N–H and O–H groups in total. The third-order valence-electron chi connectivity index (χ3n) is 3.59. The van der Waals surface area contributed by atoms with Gasteiger partial charge in [-0.1, -0.05) is 0 Å². The van der Waals surface area contributed by atoms with Crippen LogP contribution in [-0.4, -0.2) is 28.9 Å². The van der Waals surface area contributed by atoms with Crippen molar-refractivity contribution in [3.05, 3.63) is 57.8 Å². The highest BCUT2D eigenvalue weighted by atomic mass is 79.9. The number of rotatable bonds is 3. The van der Waals surface area contributed by atoms with Crippen molar-refractivity contribution >= 4 is 27.7 Å². The van der Waals surface area contributed by atoms with Gasteiger partial charge in [-0.3, -0.25) is 9.78 Å². The second-order valence-corrected chi connectivity index (χ2v) is 6.18. The number of nitrogens with zero attached hydrogens (tertiary/aromatic N) is 3. The van der Waals surface area contributed by atoms with Gasteiger partial charge in [-0.2, -0.15) is 5.01 Å². The van der Waals surface area contributed by atoms with Crippen LogP contribution in [0.5, 0.6) is 5.75 Å². The highest BCUT2D eigenvalue weighted by molar-refractivity contribution is 9.10. The molecule has 1 aliphatic rings. The summed E-state index contributed by atoms with van der Waals surface area (Å²) in [5.74, 6) is 0.867. The molecule has 1 aromatic carbocycles. The fraction of sp³-hybridized carbons (Fsp3) is 0.235. The first-order valence-corrected chi connectivity index (χ1v) is 8.10. The summed E-state index contributed by atoms with van der Waals surface area (Å²) in [6.45, 7) is 3.36. The van der Waals surface area contributed by atoms with E-state index in [1.807, 2.05) is 37.3 Å². The lowest BCUT2D eigenvalue weighted by molar-refractivity contribution is -0.135. The lowest BCUT2D eigenvalue weighted by Gasteiger charge is -2.20. The molecule has 7 heteroatoms. The Hall–Kier alpha value is -2.41. The predicted octanol–water partition coefficient (Wildman–Crippen LogP) is 3.40. The molecule has 1 amide bonds. The highest BCUT2D eigenvalue weighted by Gasteiger charge is 2.33. The molecule has 0 saturated carbocycles. The third kappa shape index (κ3) is 3.12. The zero-order valence-electron chi connectivity index (χ0n) is 13.5. The van der Waals surface area contributed by atoms with Gasteiger partial charge >= 0.3 is 0 Å². The topological polar surface area (TPSA) is 64.0 Å². The summed E-state index contributed by atoms with van der Waals surface area (Å²) in [7, 11) is 1.60. The molecule has 1 aromatic heterocycles. The van der Waals surface area contributed by atoms with Gasteiger partial charge in [0.25, 0.3) is 0 Å². The Morgan fingerprint density at radius 3 is 2.71 bits per heavy atom. The van der Waals surface area contributed by atoms with E-state index in [0.29, 0.717) is 11.6 Å². The van der Waals surface area contributed by atoms with Crippen molar-refractivity contribution < 1.29 is 14.3 Å². The zero-order valence-corrected chi connectivity index (χ0v) is 15.1. The molecule has 24 heavy (non-hydrogen) atoms. The maximum Gasteiger partial charge on any atom is 0.243 e. The van der Waals surface area contributed by atoms with Gasteiger partial charge in [0.05, 0.1) is 17.1 Å². The summed E-state index contributed by atoms with van der Waals surface area (Å²) in [6, 6.07) is 9.25. The van der Waals surface area contributed by atoms with Gasteiger partial charge in [-0.25, -0.2) is 0 Å². The molecule has 0 spiro atoms. The summed E-state index contributed by atoms with van der Waals surface area (Å²) in [6.07, 6.45) is 1.06. The van der Waals surface area contributed by atoms with Gasteiger partial charge in [0.1, 0.15) is 5.75 Å². The van der Waals surface area contributed by atoms with Gasteiger partial charge in [0, 0.05) is 24.4 Å².